The largest absolute Gasteiger partial charge is 0.481 e. The molecule has 1 aliphatic heterocycles. The highest BCUT2D eigenvalue weighted by atomic mass is 16.4. The van der Waals surface area contributed by atoms with Gasteiger partial charge in [0.25, 0.3) is 0 Å². The molecule has 2 heterocycles. The smallest absolute Gasteiger partial charge is 0.304 e. The van der Waals surface area contributed by atoms with Crippen molar-refractivity contribution in [2.45, 2.75) is 19.4 Å². The summed E-state index contributed by atoms with van der Waals surface area (Å²) in [5.41, 5.74) is 1.35. The van der Waals surface area contributed by atoms with E-state index in [2.05, 4.69) is 39.8 Å². The number of hydrogen-bond acceptors (Lipinski definition) is 3. The van der Waals surface area contributed by atoms with Crippen molar-refractivity contribution < 1.29 is 9.90 Å². The lowest BCUT2D eigenvalue weighted by Crippen LogP contribution is -2.47. The molecular weight excluding hydrogens is 242 g/mol. The van der Waals surface area contributed by atoms with Gasteiger partial charge in [-0.3, -0.25) is 9.69 Å². The minimum atomic E-state index is -0.708. The van der Waals surface area contributed by atoms with Crippen LogP contribution in [-0.2, 0) is 11.8 Å². The topological polar surface area (TPSA) is 48.7 Å². The summed E-state index contributed by atoms with van der Waals surface area (Å²) in [6.07, 6.45) is 4.49. The molecule has 2 rings (SSSR count). The average molecular weight is 265 g/mol. The zero-order chi connectivity index (χ0) is 13.8. The van der Waals surface area contributed by atoms with E-state index in [0.29, 0.717) is 12.6 Å². The van der Waals surface area contributed by atoms with Gasteiger partial charge in [0.05, 0.1) is 6.42 Å². The number of rotatable bonds is 5. The van der Waals surface area contributed by atoms with Crippen LogP contribution < -0.4 is 0 Å². The molecule has 5 heteroatoms. The first kappa shape index (κ1) is 14.1. The van der Waals surface area contributed by atoms with E-state index >= 15 is 0 Å². The molecule has 5 nitrogen and oxygen atoms in total. The Morgan fingerprint density at radius 1 is 1.37 bits per heavy atom. The van der Waals surface area contributed by atoms with Gasteiger partial charge in [-0.05, 0) is 18.6 Å². The van der Waals surface area contributed by atoms with Crippen LogP contribution in [-0.4, -0.2) is 58.2 Å². The van der Waals surface area contributed by atoms with Crippen LogP contribution in [0.5, 0.6) is 0 Å². The second-order valence-electron chi connectivity index (χ2n) is 5.31. The molecule has 0 bridgehead atoms. The van der Waals surface area contributed by atoms with Crippen molar-refractivity contribution in [2.75, 3.05) is 32.7 Å². The molecular formula is C14H23N3O2. The minimum Gasteiger partial charge on any atom is -0.481 e. The number of carboxylic acids is 1. The van der Waals surface area contributed by atoms with Gasteiger partial charge in [0, 0.05) is 58.2 Å². The quantitative estimate of drug-likeness (QED) is 0.868. The fraction of sp³-hybridized carbons (Fsp3) is 0.643. The summed E-state index contributed by atoms with van der Waals surface area (Å²) in [7, 11) is 2.04. The molecule has 0 aliphatic carbocycles. The highest BCUT2D eigenvalue weighted by molar-refractivity contribution is 5.66. The number of carboxylic acid groups (broad SMARTS) is 1. The van der Waals surface area contributed by atoms with Crippen molar-refractivity contribution in [2.24, 2.45) is 7.05 Å². The van der Waals surface area contributed by atoms with Gasteiger partial charge in [0.2, 0.25) is 0 Å². The molecule has 1 aromatic heterocycles. The molecule has 0 aromatic carbocycles. The molecule has 19 heavy (non-hydrogen) atoms. The fourth-order valence-electron chi connectivity index (χ4n) is 2.61. The Kier molecular flexibility index (Phi) is 4.61. The zero-order valence-corrected chi connectivity index (χ0v) is 11.7. The first-order valence-corrected chi connectivity index (χ1v) is 6.86. The third-order valence-electron chi connectivity index (χ3n) is 3.93. The molecule has 106 valence electrons. The molecule has 1 aliphatic rings. The predicted octanol–water partition coefficient (Wildman–Crippen LogP) is 1.18. The Bertz CT molecular complexity index is 422. The van der Waals surface area contributed by atoms with Gasteiger partial charge in [0.1, 0.15) is 0 Å². The number of aliphatic carboxylic acids is 1. The van der Waals surface area contributed by atoms with Gasteiger partial charge in [-0.2, -0.15) is 0 Å². The monoisotopic (exact) mass is 265 g/mol. The van der Waals surface area contributed by atoms with Crippen molar-refractivity contribution in [3.05, 3.63) is 24.0 Å². The third-order valence-corrected chi connectivity index (χ3v) is 3.93. The summed E-state index contributed by atoms with van der Waals surface area (Å²) in [5.74, 6) is -0.708. The predicted molar refractivity (Wildman–Crippen MR) is 74.1 cm³/mol. The summed E-state index contributed by atoms with van der Waals surface area (Å²) in [6, 6.07) is 2.60. The van der Waals surface area contributed by atoms with Crippen LogP contribution in [0.2, 0.25) is 0 Å². The number of aromatic nitrogens is 1. The fourth-order valence-corrected chi connectivity index (χ4v) is 2.61. The Morgan fingerprint density at radius 2 is 2.05 bits per heavy atom. The van der Waals surface area contributed by atoms with Gasteiger partial charge in [0.15, 0.2) is 0 Å². The summed E-state index contributed by atoms with van der Waals surface area (Å²) in [4.78, 5) is 15.3. The molecule has 0 saturated carbocycles. The highest BCUT2D eigenvalue weighted by Crippen LogP contribution is 2.21. The Hall–Kier alpha value is -1.33. The van der Waals surface area contributed by atoms with Gasteiger partial charge in [-0.25, -0.2) is 0 Å². The Morgan fingerprint density at radius 3 is 2.58 bits per heavy atom. The minimum absolute atomic E-state index is 0.244. The zero-order valence-electron chi connectivity index (χ0n) is 11.7. The van der Waals surface area contributed by atoms with E-state index in [-0.39, 0.29) is 6.42 Å². The van der Waals surface area contributed by atoms with E-state index < -0.39 is 5.97 Å². The lowest BCUT2D eigenvalue weighted by Gasteiger charge is -2.37. The molecule has 0 spiro atoms. The Labute approximate surface area is 114 Å². The number of nitrogens with zero attached hydrogens (tertiary/aromatic N) is 3. The van der Waals surface area contributed by atoms with E-state index in [1.165, 1.54) is 5.56 Å². The average Bonchev–Trinajstić information content (AvgIpc) is 2.83. The molecule has 1 fully saturated rings. The van der Waals surface area contributed by atoms with E-state index in [1.807, 2.05) is 7.05 Å². The molecule has 0 amide bonds. The molecule has 1 saturated heterocycles. The first-order chi connectivity index (χ1) is 9.06. The van der Waals surface area contributed by atoms with Gasteiger partial charge < -0.3 is 14.6 Å². The van der Waals surface area contributed by atoms with Crippen molar-refractivity contribution >= 4 is 5.97 Å². The van der Waals surface area contributed by atoms with E-state index in [1.54, 1.807) is 0 Å². The summed E-state index contributed by atoms with van der Waals surface area (Å²) >= 11 is 0. The molecule has 1 unspecified atom stereocenters. The SMILES string of the molecule is CC(c1ccn(C)c1)N1CCN(CCC(=O)O)CC1. The van der Waals surface area contributed by atoms with Crippen LogP contribution in [0.1, 0.15) is 24.9 Å². The number of piperazine rings is 1. The second kappa shape index (κ2) is 6.21. The van der Waals surface area contributed by atoms with Crippen molar-refractivity contribution in [3.8, 4) is 0 Å². The lowest BCUT2D eigenvalue weighted by molar-refractivity contribution is -0.137. The van der Waals surface area contributed by atoms with Crippen LogP contribution in [0.15, 0.2) is 18.5 Å². The van der Waals surface area contributed by atoms with E-state index in [4.69, 9.17) is 5.11 Å². The third kappa shape index (κ3) is 3.81. The highest BCUT2D eigenvalue weighted by Gasteiger charge is 2.22. The van der Waals surface area contributed by atoms with Crippen molar-refractivity contribution in [1.82, 2.24) is 14.4 Å². The maximum Gasteiger partial charge on any atom is 0.304 e. The van der Waals surface area contributed by atoms with Gasteiger partial charge >= 0.3 is 5.97 Å². The standard InChI is InChI=1S/C14H23N3O2/c1-12(13-3-5-15(2)11-13)17-9-7-16(8-10-17)6-4-14(18)19/h3,5,11-12H,4,6-10H2,1-2H3,(H,18,19). The molecule has 1 N–H and O–H groups in total. The lowest BCUT2D eigenvalue weighted by atomic mass is 10.1. The number of hydrogen-bond donors (Lipinski definition) is 1. The van der Waals surface area contributed by atoms with E-state index in [0.717, 1.165) is 26.2 Å². The Balaban J connectivity index is 1.81. The molecule has 1 atom stereocenters. The van der Waals surface area contributed by atoms with Crippen LogP contribution in [0.25, 0.3) is 0 Å². The second-order valence-corrected chi connectivity index (χ2v) is 5.31. The van der Waals surface area contributed by atoms with Crippen LogP contribution >= 0.6 is 0 Å². The first-order valence-electron chi connectivity index (χ1n) is 6.86. The van der Waals surface area contributed by atoms with Gasteiger partial charge in [-0.15, -0.1) is 0 Å². The summed E-state index contributed by atoms with van der Waals surface area (Å²) < 4.78 is 2.08. The normalized spacial score (nSPS) is 19.5. The maximum atomic E-state index is 10.6. The molecule has 1 aromatic rings. The van der Waals surface area contributed by atoms with E-state index in [9.17, 15) is 4.79 Å². The number of carbonyl (C=O) groups is 1. The number of aryl methyl sites for hydroxylation is 1. The molecule has 0 radical (unpaired) electrons. The maximum absolute atomic E-state index is 10.6. The summed E-state index contributed by atoms with van der Waals surface area (Å²) in [5, 5.41) is 8.70. The van der Waals surface area contributed by atoms with Crippen molar-refractivity contribution in [3.63, 3.8) is 0 Å². The van der Waals surface area contributed by atoms with Crippen molar-refractivity contribution in [1.29, 1.82) is 0 Å². The van der Waals surface area contributed by atoms with Crippen LogP contribution in [0, 0.1) is 0 Å². The van der Waals surface area contributed by atoms with Crippen LogP contribution in [0.3, 0.4) is 0 Å². The summed E-state index contributed by atoms with van der Waals surface area (Å²) in [6.45, 7) is 6.85. The van der Waals surface area contributed by atoms with Gasteiger partial charge in [-0.1, -0.05) is 0 Å². The van der Waals surface area contributed by atoms with Crippen LogP contribution in [0.4, 0.5) is 0 Å².